The predicted octanol–water partition coefficient (Wildman–Crippen LogP) is -0.256. The number of sulfonamides is 1. The second-order valence-electron chi connectivity index (χ2n) is 3.78. The molecule has 0 radical (unpaired) electrons. The van der Waals surface area contributed by atoms with E-state index in [1.165, 1.54) is 0 Å². The topological polar surface area (TPSA) is 159 Å². The molecule has 11 heteroatoms. The zero-order valence-corrected chi connectivity index (χ0v) is 11.5. The third-order valence-electron chi connectivity index (χ3n) is 2.29. The molecule has 0 spiro atoms. The van der Waals surface area contributed by atoms with Crippen LogP contribution >= 0.6 is 0 Å². The number of hydrogen-bond acceptors (Lipinski definition) is 7. The lowest BCUT2D eigenvalue weighted by molar-refractivity contribution is -0.385. The van der Waals surface area contributed by atoms with E-state index in [9.17, 15) is 28.1 Å². The maximum atomic E-state index is 11.5. The summed E-state index contributed by atoms with van der Waals surface area (Å²) in [5.74, 6) is -1.67. The van der Waals surface area contributed by atoms with Gasteiger partial charge in [-0.1, -0.05) is 0 Å². The van der Waals surface area contributed by atoms with Gasteiger partial charge in [-0.15, -0.1) is 0 Å². The normalized spacial score (nSPS) is 10.8. The molecule has 0 atom stereocenters. The lowest BCUT2D eigenvalue weighted by atomic mass is 10.2. The van der Waals surface area contributed by atoms with Gasteiger partial charge in [-0.05, 0) is 6.07 Å². The highest BCUT2D eigenvalue weighted by Gasteiger charge is 2.21. The van der Waals surface area contributed by atoms with Gasteiger partial charge in [0.1, 0.15) is 11.3 Å². The van der Waals surface area contributed by atoms with Crippen molar-refractivity contribution in [2.45, 2.75) is 11.3 Å². The molecule has 0 aliphatic rings. The van der Waals surface area contributed by atoms with Crippen molar-refractivity contribution in [1.29, 1.82) is 0 Å². The first-order chi connectivity index (χ1) is 9.65. The zero-order chi connectivity index (χ0) is 16.2. The summed E-state index contributed by atoms with van der Waals surface area (Å²) >= 11 is 0. The fourth-order valence-corrected chi connectivity index (χ4v) is 2.07. The third-order valence-corrected chi connectivity index (χ3v) is 3.24. The zero-order valence-electron chi connectivity index (χ0n) is 10.7. The first-order valence-electron chi connectivity index (χ1n) is 5.33. The molecular formula is C10H11N3O7S. The molecule has 0 bridgehead atoms. The second kappa shape index (κ2) is 6.28. The monoisotopic (exact) mass is 317 g/mol. The molecule has 1 rings (SSSR count). The predicted molar refractivity (Wildman–Crippen MR) is 69.7 cm³/mol. The van der Waals surface area contributed by atoms with Crippen LogP contribution in [0.5, 0.6) is 0 Å². The third kappa shape index (κ3) is 4.50. The van der Waals surface area contributed by atoms with Crippen LogP contribution in [0, 0.1) is 10.1 Å². The number of ether oxygens (including phenoxy) is 1. The summed E-state index contributed by atoms with van der Waals surface area (Å²) in [7, 11) is -3.22. The molecule has 0 saturated heterocycles. The summed E-state index contributed by atoms with van der Waals surface area (Å²) in [5, 5.41) is 17.7. The molecular weight excluding hydrogens is 306 g/mol. The van der Waals surface area contributed by atoms with Gasteiger partial charge in [-0.3, -0.25) is 19.7 Å². The Hall–Kier alpha value is -2.53. The highest BCUT2D eigenvalue weighted by atomic mass is 32.2. The van der Waals surface area contributed by atoms with Crippen molar-refractivity contribution in [2.75, 3.05) is 12.4 Å². The van der Waals surface area contributed by atoms with Crippen LogP contribution in [0.4, 0.5) is 11.4 Å². The van der Waals surface area contributed by atoms with Gasteiger partial charge in [0.15, 0.2) is 0 Å². The Labute approximate surface area is 119 Å². The number of amides is 1. The largest absolute Gasteiger partial charge is 0.469 e. The molecule has 0 unspecified atom stereocenters. The fourth-order valence-electron chi connectivity index (χ4n) is 1.36. The van der Waals surface area contributed by atoms with Crippen LogP contribution in [-0.4, -0.2) is 32.3 Å². The molecule has 0 fully saturated rings. The standard InChI is InChI=1S/C10H11N3O7S/c1-20-10(15)5-9(14)12-7-3-2-6(13(16)17)4-8(7)21(11,18)19/h2-4H,5H2,1H3,(H,12,14)(H2,11,18,19). The minimum Gasteiger partial charge on any atom is -0.469 e. The molecule has 3 N–H and O–H groups in total. The van der Waals surface area contributed by atoms with Crippen LogP contribution < -0.4 is 10.5 Å². The lowest BCUT2D eigenvalue weighted by Crippen LogP contribution is -2.21. The van der Waals surface area contributed by atoms with Gasteiger partial charge in [0.05, 0.1) is 17.7 Å². The van der Waals surface area contributed by atoms with Gasteiger partial charge in [-0.25, -0.2) is 13.6 Å². The van der Waals surface area contributed by atoms with E-state index >= 15 is 0 Å². The minimum absolute atomic E-state index is 0.267. The van der Waals surface area contributed by atoms with Crippen LogP contribution in [0.3, 0.4) is 0 Å². The van der Waals surface area contributed by atoms with Gasteiger partial charge < -0.3 is 10.1 Å². The number of methoxy groups -OCH3 is 1. The SMILES string of the molecule is COC(=O)CC(=O)Nc1ccc([N+](=O)[O-])cc1S(N)(=O)=O. The molecule has 0 aliphatic heterocycles. The van der Waals surface area contributed by atoms with Crippen molar-refractivity contribution in [2.24, 2.45) is 5.14 Å². The molecule has 0 aliphatic carbocycles. The average Bonchev–Trinajstić information content (AvgIpc) is 2.37. The Kier molecular flexibility index (Phi) is 4.94. The van der Waals surface area contributed by atoms with Crippen molar-refractivity contribution >= 4 is 33.3 Å². The summed E-state index contributed by atoms with van der Waals surface area (Å²) in [6, 6.07) is 2.71. The maximum Gasteiger partial charge on any atom is 0.315 e. The number of nitro benzene ring substituents is 1. The Morgan fingerprint density at radius 3 is 2.52 bits per heavy atom. The molecule has 0 heterocycles. The van der Waals surface area contributed by atoms with E-state index in [1.807, 2.05) is 0 Å². The van der Waals surface area contributed by atoms with Gasteiger partial charge in [0, 0.05) is 12.1 Å². The number of hydrogen-bond donors (Lipinski definition) is 2. The van der Waals surface area contributed by atoms with Crippen molar-refractivity contribution in [3.8, 4) is 0 Å². The number of nitrogens with two attached hydrogens (primary N) is 1. The first-order valence-corrected chi connectivity index (χ1v) is 6.87. The van der Waals surface area contributed by atoms with Crippen molar-refractivity contribution in [1.82, 2.24) is 0 Å². The maximum absolute atomic E-state index is 11.5. The number of anilines is 1. The van der Waals surface area contributed by atoms with Gasteiger partial charge in [-0.2, -0.15) is 0 Å². The molecule has 1 aromatic carbocycles. The molecule has 10 nitrogen and oxygen atoms in total. The highest BCUT2D eigenvalue weighted by Crippen LogP contribution is 2.25. The summed E-state index contributed by atoms with van der Waals surface area (Å²) in [4.78, 5) is 31.6. The Balaban J connectivity index is 3.15. The van der Waals surface area contributed by atoms with Crippen molar-refractivity contribution < 1.29 is 27.7 Å². The molecule has 1 aromatic rings. The van der Waals surface area contributed by atoms with Crippen LogP contribution in [0.25, 0.3) is 0 Å². The number of esters is 1. The minimum atomic E-state index is -4.30. The number of nitrogens with one attached hydrogen (secondary N) is 1. The fraction of sp³-hybridized carbons (Fsp3) is 0.200. The average molecular weight is 317 g/mol. The van der Waals surface area contributed by atoms with Crippen LogP contribution in [0.15, 0.2) is 23.1 Å². The highest BCUT2D eigenvalue weighted by molar-refractivity contribution is 7.89. The number of non-ortho nitro benzene ring substituents is 1. The summed E-state index contributed by atoms with van der Waals surface area (Å²) in [6.45, 7) is 0. The Morgan fingerprint density at radius 2 is 2.05 bits per heavy atom. The smallest absolute Gasteiger partial charge is 0.315 e. The van der Waals surface area contributed by atoms with E-state index in [0.717, 1.165) is 19.2 Å². The van der Waals surface area contributed by atoms with Gasteiger partial charge in [0.25, 0.3) is 5.69 Å². The molecule has 0 aromatic heterocycles. The van der Waals surface area contributed by atoms with Crippen molar-refractivity contribution in [3.63, 3.8) is 0 Å². The van der Waals surface area contributed by atoms with Crippen molar-refractivity contribution in [3.05, 3.63) is 28.3 Å². The number of benzene rings is 1. The molecule has 21 heavy (non-hydrogen) atoms. The Morgan fingerprint density at radius 1 is 1.43 bits per heavy atom. The first kappa shape index (κ1) is 16.5. The molecule has 0 saturated carbocycles. The number of carbonyl (C=O) groups is 2. The van der Waals surface area contributed by atoms with Crippen LogP contribution in [0.1, 0.15) is 6.42 Å². The van der Waals surface area contributed by atoms with E-state index in [1.54, 1.807) is 0 Å². The quantitative estimate of drug-likeness (QED) is 0.327. The Bertz CT molecular complexity index is 699. The molecule has 114 valence electrons. The van der Waals surface area contributed by atoms with Gasteiger partial charge >= 0.3 is 5.97 Å². The summed E-state index contributed by atoms with van der Waals surface area (Å²) in [6.07, 6.45) is -0.641. The number of nitrogens with zero attached hydrogens (tertiary/aromatic N) is 1. The summed E-state index contributed by atoms with van der Waals surface area (Å²) < 4.78 is 27.1. The van der Waals surface area contributed by atoms with E-state index in [2.05, 4.69) is 10.1 Å². The van der Waals surface area contributed by atoms with Crippen LogP contribution in [-0.2, 0) is 24.3 Å². The second-order valence-corrected chi connectivity index (χ2v) is 5.31. The van der Waals surface area contributed by atoms with E-state index in [4.69, 9.17) is 5.14 Å². The molecule has 1 amide bonds. The summed E-state index contributed by atoms with van der Waals surface area (Å²) in [5.41, 5.74) is -0.776. The van der Waals surface area contributed by atoms with E-state index < -0.39 is 43.8 Å². The van der Waals surface area contributed by atoms with Gasteiger partial charge in [0.2, 0.25) is 15.9 Å². The number of rotatable bonds is 5. The van der Waals surface area contributed by atoms with E-state index in [0.29, 0.717) is 6.07 Å². The number of nitro groups is 1. The number of carbonyl (C=O) groups excluding carboxylic acids is 2. The lowest BCUT2D eigenvalue weighted by Gasteiger charge is -2.09. The van der Waals surface area contributed by atoms with Crippen LogP contribution in [0.2, 0.25) is 0 Å². The van der Waals surface area contributed by atoms with E-state index in [-0.39, 0.29) is 5.69 Å². The number of primary sulfonamides is 1.